The number of nitrogens with zero attached hydrogens (tertiary/aromatic N) is 1. The van der Waals surface area contributed by atoms with Gasteiger partial charge < -0.3 is 9.84 Å². The Balaban J connectivity index is 1.86. The van der Waals surface area contributed by atoms with E-state index in [1.54, 1.807) is 6.07 Å². The molecule has 0 saturated carbocycles. The molecule has 2 aromatic rings. The van der Waals surface area contributed by atoms with Crippen molar-refractivity contribution in [2.45, 2.75) is 39.2 Å². The Morgan fingerprint density at radius 2 is 2.09 bits per heavy atom. The minimum Gasteiger partial charge on any atom is -0.338 e. The van der Waals surface area contributed by atoms with E-state index in [0.717, 1.165) is 11.3 Å². The number of benzene rings is 1. The SMILES string of the molecule is C[C@@H](NCC(=O)Nc1cc(C(C)(C)C)no1)c1cccc(Cl)c1. The minimum atomic E-state index is -0.185. The van der Waals surface area contributed by atoms with Crippen molar-refractivity contribution < 1.29 is 9.32 Å². The van der Waals surface area contributed by atoms with Gasteiger partial charge in [0.2, 0.25) is 11.8 Å². The fraction of sp³-hybridized carbons (Fsp3) is 0.412. The Morgan fingerprint density at radius 1 is 1.35 bits per heavy atom. The smallest absolute Gasteiger partial charge is 0.240 e. The molecule has 0 spiro atoms. The van der Waals surface area contributed by atoms with E-state index in [-0.39, 0.29) is 23.9 Å². The summed E-state index contributed by atoms with van der Waals surface area (Å²) in [4.78, 5) is 12.0. The lowest BCUT2D eigenvalue weighted by molar-refractivity contribution is -0.115. The van der Waals surface area contributed by atoms with Crippen molar-refractivity contribution in [3.05, 3.63) is 46.6 Å². The summed E-state index contributed by atoms with van der Waals surface area (Å²) >= 11 is 5.97. The molecule has 1 aromatic carbocycles. The predicted octanol–water partition coefficient (Wildman–Crippen LogP) is 3.91. The second kappa shape index (κ2) is 7.15. The molecule has 0 aliphatic rings. The van der Waals surface area contributed by atoms with Gasteiger partial charge in [-0.3, -0.25) is 10.1 Å². The van der Waals surface area contributed by atoms with Crippen molar-refractivity contribution in [2.24, 2.45) is 0 Å². The number of carbonyl (C=O) groups excluding carboxylic acids is 1. The lowest BCUT2D eigenvalue weighted by Gasteiger charge is -2.14. The van der Waals surface area contributed by atoms with Crippen LogP contribution in [0.1, 0.15) is 45.0 Å². The monoisotopic (exact) mass is 335 g/mol. The molecule has 1 amide bonds. The molecule has 2 N–H and O–H groups in total. The first-order chi connectivity index (χ1) is 10.8. The third-order valence-corrected chi connectivity index (χ3v) is 3.69. The lowest BCUT2D eigenvalue weighted by Crippen LogP contribution is -2.30. The summed E-state index contributed by atoms with van der Waals surface area (Å²) in [5.74, 6) is 0.174. The molecule has 2 rings (SSSR count). The quantitative estimate of drug-likeness (QED) is 0.869. The Hall–Kier alpha value is -1.85. The molecule has 124 valence electrons. The summed E-state index contributed by atoms with van der Waals surface area (Å²) in [6, 6.07) is 9.31. The van der Waals surface area contributed by atoms with Crippen molar-refractivity contribution in [2.75, 3.05) is 11.9 Å². The van der Waals surface area contributed by atoms with Gasteiger partial charge in [-0.25, -0.2) is 0 Å². The largest absolute Gasteiger partial charge is 0.338 e. The molecule has 0 aliphatic heterocycles. The van der Waals surface area contributed by atoms with Crippen LogP contribution in [0.4, 0.5) is 5.88 Å². The number of amides is 1. The highest BCUT2D eigenvalue weighted by atomic mass is 35.5. The van der Waals surface area contributed by atoms with Gasteiger partial charge in [0.1, 0.15) is 0 Å². The van der Waals surface area contributed by atoms with E-state index in [1.807, 2.05) is 52.0 Å². The van der Waals surface area contributed by atoms with Crippen molar-refractivity contribution in [1.82, 2.24) is 10.5 Å². The zero-order valence-electron chi connectivity index (χ0n) is 13.8. The first kappa shape index (κ1) is 17.5. The number of rotatable bonds is 5. The standard InChI is InChI=1S/C17H22ClN3O2/c1-11(12-6-5-7-13(18)8-12)19-10-15(22)20-16-9-14(21-23-16)17(2,3)4/h5-9,11,19H,10H2,1-4H3,(H,20,22)/t11-/m1/s1. The molecule has 0 saturated heterocycles. The molecule has 6 heteroatoms. The van der Waals surface area contributed by atoms with Crippen LogP contribution in [-0.4, -0.2) is 17.6 Å². The number of nitrogens with one attached hydrogen (secondary N) is 2. The van der Waals surface area contributed by atoms with E-state index in [9.17, 15) is 4.79 Å². The van der Waals surface area contributed by atoms with E-state index < -0.39 is 0 Å². The highest BCUT2D eigenvalue weighted by Crippen LogP contribution is 2.23. The molecule has 1 aromatic heterocycles. The summed E-state index contributed by atoms with van der Waals surface area (Å²) in [7, 11) is 0. The molecule has 0 bridgehead atoms. The number of anilines is 1. The van der Waals surface area contributed by atoms with Crippen molar-refractivity contribution in [1.29, 1.82) is 0 Å². The maximum atomic E-state index is 12.0. The van der Waals surface area contributed by atoms with Gasteiger partial charge in [-0.05, 0) is 24.6 Å². The van der Waals surface area contributed by atoms with Crippen LogP contribution >= 0.6 is 11.6 Å². The maximum Gasteiger partial charge on any atom is 0.240 e. The highest BCUT2D eigenvalue weighted by molar-refractivity contribution is 6.30. The van der Waals surface area contributed by atoms with E-state index in [4.69, 9.17) is 16.1 Å². The maximum absolute atomic E-state index is 12.0. The van der Waals surface area contributed by atoms with Crippen molar-refractivity contribution in [3.8, 4) is 0 Å². The van der Waals surface area contributed by atoms with Crippen molar-refractivity contribution >= 4 is 23.4 Å². The predicted molar refractivity (Wildman–Crippen MR) is 91.7 cm³/mol. The summed E-state index contributed by atoms with van der Waals surface area (Å²) < 4.78 is 5.14. The van der Waals surface area contributed by atoms with Crippen LogP contribution in [0.25, 0.3) is 0 Å². The zero-order chi connectivity index (χ0) is 17.0. The Kier molecular flexibility index (Phi) is 5.44. The normalized spacial score (nSPS) is 12.9. The van der Waals surface area contributed by atoms with Gasteiger partial charge in [0.25, 0.3) is 0 Å². The molecule has 0 radical (unpaired) electrons. The lowest BCUT2D eigenvalue weighted by atomic mass is 9.92. The van der Waals surface area contributed by atoms with Crippen LogP contribution in [0.15, 0.2) is 34.9 Å². The molecule has 0 aliphatic carbocycles. The van der Waals surface area contributed by atoms with Gasteiger partial charge in [0, 0.05) is 22.5 Å². The Labute approximate surface area is 141 Å². The molecule has 0 unspecified atom stereocenters. The zero-order valence-corrected chi connectivity index (χ0v) is 14.6. The number of aromatic nitrogens is 1. The molecular weight excluding hydrogens is 314 g/mol. The van der Waals surface area contributed by atoms with Gasteiger partial charge >= 0.3 is 0 Å². The Bertz CT molecular complexity index is 676. The summed E-state index contributed by atoms with van der Waals surface area (Å²) in [5, 5.41) is 10.5. The third-order valence-electron chi connectivity index (χ3n) is 3.46. The van der Waals surface area contributed by atoms with Gasteiger partial charge in [-0.15, -0.1) is 0 Å². The number of halogens is 1. The first-order valence-electron chi connectivity index (χ1n) is 7.51. The number of carbonyl (C=O) groups is 1. The average molecular weight is 336 g/mol. The van der Waals surface area contributed by atoms with Gasteiger partial charge in [0.15, 0.2) is 0 Å². The van der Waals surface area contributed by atoms with E-state index in [0.29, 0.717) is 10.9 Å². The fourth-order valence-corrected chi connectivity index (χ4v) is 2.21. The van der Waals surface area contributed by atoms with E-state index in [2.05, 4.69) is 15.8 Å². The summed E-state index contributed by atoms with van der Waals surface area (Å²) in [5.41, 5.74) is 1.71. The van der Waals surface area contributed by atoms with Crippen LogP contribution in [0.3, 0.4) is 0 Å². The topological polar surface area (TPSA) is 67.2 Å². The van der Waals surface area contributed by atoms with E-state index >= 15 is 0 Å². The number of hydrogen-bond donors (Lipinski definition) is 2. The van der Waals surface area contributed by atoms with Crippen LogP contribution in [-0.2, 0) is 10.2 Å². The average Bonchev–Trinajstić information content (AvgIpc) is 2.93. The number of hydrogen-bond acceptors (Lipinski definition) is 4. The second-order valence-electron chi connectivity index (χ2n) is 6.53. The van der Waals surface area contributed by atoms with Crippen LogP contribution in [0.5, 0.6) is 0 Å². The minimum absolute atomic E-state index is 0.0133. The molecule has 0 fully saturated rings. The van der Waals surface area contributed by atoms with Crippen LogP contribution in [0, 0.1) is 0 Å². The van der Waals surface area contributed by atoms with Crippen LogP contribution < -0.4 is 10.6 Å². The fourth-order valence-electron chi connectivity index (χ4n) is 2.01. The molecule has 1 heterocycles. The van der Waals surface area contributed by atoms with Gasteiger partial charge in [0.05, 0.1) is 12.2 Å². The highest BCUT2D eigenvalue weighted by Gasteiger charge is 2.19. The van der Waals surface area contributed by atoms with Crippen LogP contribution in [0.2, 0.25) is 5.02 Å². The van der Waals surface area contributed by atoms with E-state index in [1.165, 1.54) is 0 Å². The molecule has 1 atom stereocenters. The van der Waals surface area contributed by atoms with Gasteiger partial charge in [-0.1, -0.05) is 49.7 Å². The second-order valence-corrected chi connectivity index (χ2v) is 6.97. The molecular formula is C17H22ClN3O2. The third kappa shape index (κ3) is 5.08. The van der Waals surface area contributed by atoms with Gasteiger partial charge in [-0.2, -0.15) is 0 Å². The summed E-state index contributed by atoms with van der Waals surface area (Å²) in [6.45, 7) is 8.24. The van der Waals surface area contributed by atoms with Crippen molar-refractivity contribution in [3.63, 3.8) is 0 Å². The molecule has 5 nitrogen and oxygen atoms in total. The Morgan fingerprint density at radius 3 is 2.70 bits per heavy atom. The molecule has 23 heavy (non-hydrogen) atoms. The first-order valence-corrected chi connectivity index (χ1v) is 7.89. The summed E-state index contributed by atoms with van der Waals surface area (Å²) in [6.07, 6.45) is 0.